The van der Waals surface area contributed by atoms with E-state index in [0.717, 1.165) is 11.1 Å². The lowest BCUT2D eigenvalue weighted by Gasteiger charge is -2.34. The van der Waals surface area contributed by atoms with Crippen molar-refractivity contribution in [2.45, 2.75) is 52.7 Å². The average molecular weight is 455 g/mol. The number of carbonyl (C=O) groups excluding carboxylic acids is 2. The third-order valence-electron chi connectivity index (χ3n) is 6.26. The summed E-state index contributed by atoms with van der Waals surface area (Å²) in [7, 11) is 0. The Kier molecular flexibility index (Phi) is 6.49. The molecular formula is C24H31FN6O2. The molecule has 176 valence electrons. The van der Waals surface area contributed by atoms with Gasteiger partial charge < -0.3 is 20.0 Å². The summed E-state index contributed by atoms with van der Waals surface area (Å²) >= 11 is 0. The van der Waals surface area contributed by atoms with E-state index < -0.39 is 0 Å². The molecule has 1 saturated heterocycles. The lowest BCUT2D eigenvalue weighted by atomic mass is 10.1. The third kappa shape index (κ3) is 4.91. The summed E-state index contributed by atoms with van der Waals surface area (Å²) in [4.78, 5) is 39.9. The molecule has 2 aromatic rings. The minimum absolute atomic E-state index is 0.0140. The number of nitrogens with zero attached hydrogens (tertiary/aromatic N) is 5. The van der Waals surface area contributed by atoms with Crippen molar-refractivity contribution in [3.63, 3.8) is 0 Å². The molecule has 4 rings (SSSR count). The SMILES string of the molecule is CC(=O)N1CCN(c2nc(NC(C)Cc3ccc(F)cc3)c3c(n2)C(=O)N(C(C)C)C3)CC1. The summed E-state index contributed by atoms with van der Waals surface area (Å²) in [6, 6.07) is 6.55. The number of amides is 2. The molecule has 0 radical (unpaired) electrons. The number of piperazine rings is 1. The number of anilines is 2. The zero-order valence-corrected chi connectivity index (χ0v) is 19.6. The number of hydrogen-bond acceptors (Lipinski definition) is 6. The van der Waals surface area contributed by atoms with Crippen LogP contribution in [0, 0.1) is 5.82 Å². The first-order valence-corrected chi connectivity index (χ1v) is 11.5. The molecule has 0 spiro atoms. The van der Waals surface area contributed by atoms with Gasteiger partial charge in [0.15, 0.2) is 0 Å². The van der Waals surface area contributed by atoms with E-state index >= 15 is 0 Å². The molecule has 1 unspecified atom stereocenters. The van der Waals surface area contributed by atoms with Gasteiger partial charge in [-0.15, -0.1) is 0 Å². The van der Waals surface area contributed by atoms with Gasteiger partial charge in [-0.05, 0) is 44.9 Å². The minimum atomic E-state index is -0.255. The molecule has 0 aliphatic carbocycles. The van der Waals surface area contributed by atoms with Crippen LogP contribution in [-0.2, 0) is 17.8 Å². The van der Waals surface area contributed by atoms with E-state index in [4.69, 9.17) is 4.98 Å². The first kappa shape index (κ1) is 22.9. The van der Waals surface area contributed by atoms with Crippen LogP contribution in [0.2, 0.25) is 0 Å². The molecule has 3 heterocycles. The number of hydrogen-bond donors (Lipinski definition) is 1. The monoisotopic (exact) mass is 454 g/mol. The highest BCUT2D eigenvalue weighted by Gasteiger charge is 2.35. The number of benzene rings is 1. The number of aromatic nitrogens is 2. The fourth-order valence-corrected chi connectivity index (χ4v) is 4.33. The van der Waals surface area contributed by atoms with Crippen LogP contribution >= 0.6 is 0 Å². The molecule has 2 amide bonds. The Bertz CT molecular complexity index is 1030. The van der Waals surface area contributed by atoms with E-state index in [2.05, 4.69) is 10.3 Å². The van der Waals surface area contributed by atoms with E-state index in [1.165, 1.54) is 12.1 Å². The van der Waals surface area contributed by atoms with Gasteiger partial charge in [0.05, 0.1) is 6.54 Å². The van der Waals surface area contributed by atoms with Gasteiger partial charge in [-0.1, -0.05) is 12.1 Å². The molecular weight excluding hydrogens is 423 g/mol. The molecule has 1 aromatic carbocycles. The summed E-state index contributed by atoms with van der Waals surface area (Å²) in [5, 5.41) is 3.48. The van der Waals surface area contributed by atoms with E-state index in [1.54, 1.807) is 28.9 Å². The molecule has 9 heteroatoms. The highest BCUT2D eigenvalue weighted by Crippen LogP contribution is 2.31. The molecule has 2 aliphatic heterocycles. The van der Waals surface area contributed by atoms with Crippen LogP contribution in [0.3, 0.4) is 0 Å². The van der Waals surface area contributed by atoms with Crippen molar-refractivity contribution in [1.82, 2.24) is 19.8 Å². The Morgan fingerprint density at radius 1 is 1.09 bits per heavy atom. The van der Waals surface area contributed by atoms with Gasteiger partial charge >= 0.3 is 0 Å². The zero-order chi connectivity index (χ0) is 23.7. The number of rotatable bonds is 6. The van der Waals surface area contributed by atoms with Crippen LogP contribution in [0.15, 0.2) is 24.3 Å². The van der Waals surface area contributed by atoms with Crippen molar-refractivity contribution in [2.75, 3.05) is 36.4 Å². The van der Waals surface area contributed by atoms with Gasteiger partial charge in [-0.25, -0.2) is 9.37 Å². The fourth-order valence-electron chi connectivity index (χ4n) is 4.33. The molecule has 1 N–H and O–H groups in total. The lowest BCUT2D eigenvalue weighted by Crippen LogP contribution is -2.48. The molecule has 2 aliphatic rings. The quantitative estimate of drug-likeness (QED) is 0.723. The Hall–Kier alpha value is -3.23. The van der Waals surface area contributed by atoms with Crippen molar-refractivity contribution in [2.24, 2.45) is 0 Å². The van der Waals surface area contributed by atoms with Crippen molar-refractivity contribution in [1.29, 1.82) is 0 Å². The average Bonchev–Trinajstić information content (AvgIpc) is 3.12. The van der Waals surface area contributed by atoms with Crippen LogP contribution in [-0.4, -0.2) is 69.8 Å². The van der Waals surface area contributed by atoms with E-state index in [-0.39, 0.29) is 29.7 Å². The topological polar surface area (TPSA) is 81.7 Å². The van der Waals surface area contributed by atoms with Gasteiger partial charge in [0.2, 0.25) is 11.9 Å². The second kappa shape index (κ2) is 9.33. The smallest absolute Gasteiger partial charge is 0.273 e. The summed E-state index contributed by atoms with van der Waals surface area (Å²) in [5.74, 6) is 0.891. The molecule has 0 saturated carbocycles. The largest absolute Gasteiger partial charge is 0.367 e. The van der Waals surface area contributed by atoms with Crippen molar-refractivity contribution in [3.8, 4) is 0 Å². The van der Waals surface area contributed by atoms with Crippen molar-refractivity contribution >= 4 is 23.6 Å². The van der Waals surface area contributed by atoms with E-state index in [9.17, 15) is 14.0 Å². The highest BCUT2D eigenvalue weighted by molar-refractivity contribution is 5.98. The normalized spacial score (nSPS) is 16.9. The molecule has 33 heavy (non-hydrogen) atoms. The Morgan fingerprint density at radius 3 is 2.36 bits per heavy atom. The van der Waals surface area contributed by atoms with Crippen molar-refractivity contribution < 1.29 is 14.0 Å². The van der Waals surface area contributed by atoms with Crippen LogP contribution in [0.1, 0.15) is 49.3 Å². The zero-order valence-electron chi connectivity index (χ0n) is 19.6. The van der Waals surface area contributed by atoms with Gasteiger partial charge in [0.25, 0.3) is 5.91 Å². The molecule has 1 atom stereocenters. The van der Waals surface area contributed by atoms with Gasteiger partial charge in [-0.3, -0.25) is 9.59 Å². The Morgan fingerprint density at radius 2 is 1.76 bits per heavy atom. The Balaban J connectivity index is 1.60. The van der Waals surface area contributed by atoms with Gasteiger partial charge in [0.1, 0.15) is 17.3 Å². The Labute approximate surface area is 193 Å². The standard InChI is InChI=1S/C24H31FN6O2/c1-15(2)31-14-20-21(23(31)33)27-24(30-11-9-29(10-12-30)17(4)32)28-22(20)26-16(3)13-18-5-7-19(25)8-6-18/h5-8,15-16H,9-14H2,1-4H3,(H,26,27,28). The second-order valence-electron chi connectivity index (χ2n) is 9.10. The molecule has 1 fully saturated rings. The summed E-state index contributed by atoms with van der Waals surface area (Å²) in [5.41, 5.74) is 2.27. The summed E-state index contributed by atoms with van der Waals surface area (Å²) < 4.78 is 13.3. The summed E-state index contributed by atoms with van der Waals surface area (Å²) in [6.45, 7) is 10.5. The van der Waals surface area contributed by atoms with Crippen LogP contribution in [0.4, 0.5) is 16.2 Å². The number of carbonyl (C=O) groups is 2. The number of nitrogens with one attached hydrogen (secondary N) is 1. The van der Waals surface area contributed by atoms with Gasteiger partial charge in [-0.2, -0.15) is 4.98 Å². The number of fused-ring (bicyclic) bond motifs is 1. The fraction of sp³-hybridized carbons (Fsp3) is 0.500. The predicted octanol–water partition coefficient (Wildman–Crippen LogP) is 2.69. The minimum Gasteiger partial charge on any atom is -0.367 e. The maximum atomic E-state index is 13.3. The maximum absolute atomic E-state index is 13.3. The third-order valence-corrected chi connectivity index (χ3v) is 6.26. The maximum Gasteiger partial charge on any atom is 0.273 e. The molecule has 8 nitrogen and oxygen atoms in total. The van der Waals surface area contributed by atoms with E-state index in [1.807, 2.05) is 25.7 Å². The van der Waals surface area contributed by atoms with Crippen LogP contribution < -0.4 is 10.2 Å². The summed E-state index contributed by atoms with van der Waals surface area (Å²) in [6.07, 6.45) is 0.688. The highest BCUT2D eigenvalue weighted by atomic mass is 19.1. The molecule has 1 aromatic heterocycles. The van der Waals surface area contributed by atoms with Crippen molar-refractivity contribution in [3.05, 3.63) is 46.9 Å². The first-order chi connectivity index (χ1) is 15.7. The lowest BCUT2D eigenvalue weighted by molar-refractivity contribution is -0.129. The predicted molar refractivity (Wildman–Crippen MR) is 125 cm³/mol. The van der Waals surface area contributed by atoms with Crippen LogP contribution in [0.25, 0.3) is 0 Å². The van der Waals surface area contributed by atoms with Crippen LogP contribution in [0.5, 0.6) is 0 Å². The van der Waals surface area contributed by atoms with Gasteiger partial charge in [0, 0.05) is 50.7 Å². The first-order valence-electron chi connectivity index (χ1n) is 11.5. The molecule has 0 bridgehead atoms. The number of halogens is 1. The van der Waals surface area contributed by atoms with E-state index in [0.29, 0.717) is 56.6 Å². The second-order valence-corrected chi connectivity index (χ2v) is 9.10.